The maximum absolute atomic E-state index is 13.2. The van der Waals surface area contributed by atoms with Crippen molar-refractivity contribution in [3.05, 3.63) is 51.9 Å². The summed E-state index contributed by atoms with van der Waals surface area (Å²) >= 11 is 1.57. The molecule has 1 unspecified atom stereocenters. The SMILES string of the molecule is CN1[C@@H]2CC[C@H]1C[C@H](Oc1ccc(-n3cnc4cc(CCC5CCCO5)sc4c3=O)cc1)C2. The largest absolute Gasteiger partial charge is 0.490 e. The molecule has 2 bridgehead atoms. The smallest absolute Gasteiger partial charge is 0.275 e. The Labute approximate surface area is 198 Å². The minimum absolute atomic E-state index is 0.00562. The Hall–Kier alpha value is -2.22. The molecule has 3 fully saturated rings. The van der Waals surface area contributed by atoms with Crippen LogP contribution in [0.25, 0.3) is 15.9 Å². The van der Waals surface area contributed by atoms with Crippen molar-refractivity contribution in [1.82, 2.24) is 14.5 Å². The molecule has 33 heavy (non-hydrogen) atoms. The monoisotopic (exact) mass is 465 g/mol. The van der Waals surface area contributed by atoms with E-state index in [1.807, 2.05) is 24.3 Å². The van der Waals surface area contributed by atoms with E-state index in [0.29, 0.717) is 18.2 Å². The maximum Gasteiger partial charge on any atom is 0.275 e. The van der Waals surface area contributed by atoms with Crippen LogP contribution in [0.5, 0.6) is 5.75 Å². The van der Waals surface area contributed by atoms with Crippen LogP contribution in [0, 0.1) is 0 Å². The Morgan fingerprint density at radius 2 is 1.94 bits per heavy atom. The highest BCUT2D eigenvalue weighted by atomic mass is 32.1. The fourth-order valence-electron chi connectivity index (χ4n) is 5.78. The third-order valence-electron chi connectivity index (χ3n) is 7.70. The van der Waals surface area contributed by atoms with E-state index in [1.165, 1.54) is 17.7 Å². The van der Waals surface area contributed by atoms with E-state index < -0.39 is 0 Å². The molecule has 3 aliphatic rings. The van der Waals surface area contributed by atoms with Crippen molar-refractivity contribution in [3.63, 3.8) is 0 Å². The van der Waals surface area contributed by atoms with Crippen LogP contribution in [-0.4, -0.2) is 52.4 Å². The molecule has 7 heteroatoms. The number of hydrogen-bond donors (Lipinski definition) is 0. The molecule has 3 aliphatic heterocycles. The van der Waals surface area contributed by atoms with Gasteiger partial charge in [-0.05, 0) is 88.7 Å². The Morgan fingerprint density at radius 1 is 1.15 bits per heavy atom. The van der Waals surface area contributed by atoms with Crippen molar-refractivity contribution in [2.45, 2.75) is 75.7 Å². The first-order chi connectivity index (χ1) is 16.1. The molecule has 6 nitrogen and oxygen atoms in total. The Morgan fingerprint density at radius 3 is 2.67 bits per heavy atom. The van der Waals surface area contributed by atoms with Crippen LogP contribution >= 0.6 is 11.3 Å². The van der Waals surface area contributed by atoms with E-state index in [2.05, 4.69) is 23.0 Å². The normalized spacial score (nSPS) is 27.4. The van der Waals surface area contributed by atoms with Crippen molar-refractivity contribution in [3.8, 4) is 11.4 Å². The summed E-state index contributed by atoms with van der Waals surface area (Å²) < 4.78 is 14.4. The van der Waals surface area contributed by atoms with Gasteiger partial charge in [0.05, 0.1) is 17.3 Å². The third-order valence-corrected chi connectivity index (χ3v) is 8.87. The number of aromatic nitrogens is 2. The van der Waals surface area contributed by atoms with E-state index in [0.717, 1.165) is 66.8 Å². The molecule has 3 saturated heterocycles. The van der Waals surface area contributed by atoms with Gasteiger partial charge in [-0.2, -0.15) is 0 Å². The molecule has 5 heterocycles. The predicted octanol–water partition coefficient (Wildman–Crippen LogP) is 4.56. The molecule has 1 aromatic carbocycles. The molecule has 0 amide bonds. The van der Waals surface area contributed by atoms with E-state index in [1.54, 1.807) is 22.2 Å². The minimum atomic E-state index is -0.00562. The number of nitrogens with zero attached hydrogens (tertiary/aromatic N) is 3. The van der Waals surface area contributed by atoms with Gasteiger partial charge in [0.25, 0.3) is 5.56 Å². The van der Waals surface area contributed by atoms with Crippen LogP contribution < -0.4 is 10.3 Å². The second-order valence-electron chi connectivity index (χ2n) is 9.78. The Kier molecular flexibility index (Phi) is 5.72. The highest BCUT2D eigenvalue weighted by Gasteiger charge is 2.39. The molecule has 0 radical (unpaired) electrons. The van der Waals surface area contributed by atoms with Crippen molar-refractivity contribution in [2.24, 2.45) is 0 Å². The van der Waals surface area contributed by atoms with Gasteiger partial charge in [0.2, 0.25) is 0 Å². The molecule has 4 atom stereocenters. The molecule has 6 rings (SSSR count). The van der Waals surface area contributed by atoms with Gasteiger partial charge in [0, 0.05) is 23.6 Å². The van der Waals surface area contributed by atoms with Gasteiger partial charge in [-0.1, -0.05) is 0 Å². The highest BCUT2D eigenvalue weighted by Crippen LogP contribution is 2.36. The molecule has 0 N–H and O–H groups in total. The van der Waals surface area contributed by atoms with Crippen LogP contribution in [0.3, 0.4) is 0 Å². The van der Waals surface area contributed by atoms with Crippen LogP contribution in [0.2, 0.25) is 0 Å². The molecular formula is C26H31N3O3S. The van der Waals surface area contributed by atoms with Gasteiger partial charge in [-0.3, -0.25) is 9.36 Å². The molecule has 3 aromatic rings. The summed E-state index contributed by atoms with van der Waals surface area (Å²) in [7, 11) is 2.25. The maximum atomic E-state index is 13.2. The van der Waals surface area contributed by atoms with E-state index in [9.17, 15) is 4.79 Å². The summed E-state index contributed by atoms with van der Waals surface area (Å²) in [6, 6.07) is 11.3. The fraction of sp³-hybridized carbons (Fsp3) is 0.538. The zero-order valence-corrected chi connectivity index (χ0v) is 19.9. The first-order valence-electron chi connectivity index (χ1n) is 12.2. The Balaban J connectivity index is 1.16. The Bertz CT molecular complexity index is 1170. The van der Waals surface area contributed by atoms with Gasteiger partial charge in [0.15, 0.2) is 0 Å². The minimum Gasteiger partial charge on any atom is -0.490 e. The first-order valence-corrected chi connectivity index (χ1v) is 13.1. The summed E-state index contributed by atoms with van der Waals surface area (Å²) in [5.74, 6) is 0.877. The summed E-state index contributed by atoms with van der Waals surface area (Å²) in [5, 5.41) is 0. The zero-order valence-electron chi connectivity index (χ0n) is 19.1. The molecule has 2 aromatic heterocycles. The fourth-order valence-corrected chi connectivity index (χ4v) is 6.83. The van der Waals surface area contributed by atoms with Crippen LogP contribution in [-0.2, 0) is 11.2 Å². The van der Waals surface area contributed by atoms with Gasteiger partial charge in [0.1, 0.15) is 22.9 Å². The van der Waals surface area contributed by atoms with Crippen molar-refractivity contribution in [2.75, 3.05) is 13.7 Å². The number of hydrogen-bond acceptors (Lipinski definition) is 6. The van der Waals surface area contributed by atoms with Gasteiger partial charge < -0.3 is 14.4 Å². The van der Waals surface area contributed by atoms with E-state index in [-0.39, 0.29) is 11.7 Å². The zero-order chi connectivity index (χ0) is 22.4. The lowest BCUT2D eigenvalue weighted by Gasteiger charge is -2.36. The molecule has 0 saturated carbocycles. The lowest BCUT2D eigenvalue weighted by Crippen LogP contribution is -2.43. The second-order valence-corrected chi connectivity index (χ2v) is 10.9. The van der Waals surface area contributed by atoms with Crippen LogP contribution in [0.1, 0.15) is 49.8 Å². The highest BCUT2D eigenvalue weighted by molar-refractivity contribution is 7.18. The topological polar surface area (TPSA) is 56.6 Å². The predicted molar refractivity (Wildman–Crippen MR) is 131 cm³/mol. The van der Waals surface area contributed by atoms with E-state index in [4.69, 9.17) is 9.47 Å². The standard InChI is InChI=1S/C26H31N3O3S/c1-28-18-4-5-19(28)14-22(13-18)32-21-8-6-17(7-9-21)29-16-27-24-15-23(33-25(24)26(29)30)11-10-20-3-2-12-31-20/h6-9,15-16,18-20,22H,2-5,10-14H2,1H3/t18-,19+,20?,22-. The molecule has 174 valence electrons. The van der Waals surface area contributed by atoms with Gasteiger partial charge >= 0.3 is 0 Å². The molecular weight excluding hydrogens is 434 g/mol. The average molecular weight is 466 g/mol. The lowest BCUT2D eigenvalue weighted by molar-refractivity contribution is 0.0662. The number of ether oxygens (including phenoxy) is 2. The number of rotatable bonds is 6. The molecule has 0 spiro atoms. The summed E-state index contributed by atoms with van der Waals surface area (Å²) in [5.41, 5.74) is 1.61. The number of aryl methyl sites for hydroxylation is 1. The van der Waals surface area contributed by atoms with Gasteiger partial charge in [-0.25, -0.2) is 4.98 Å². The third kappa shape index (κ3) is 4.22. The van der Waals surface area contributed by atoms with Crippen molar-refractivity contribution < 1.29 is 9.47 Å². The van der Waals surface area contributed by atoms with Crippen LogP contribution in [0.4, 0.5) is 0 Å². The number of piperidine rings is 1. The average Bonchev–Trinajstić information content (AvgIpc) is 3.53. The van der Waals surface area contributed by atoms with Gasteiger partial charge in [-0.15, -0.1) is 11.3 Å². The second kappa shape index (κ2) is 8.85. The number of thiophene rings is 1. The van der Waals surface area contributed by atoms with Crippen molar-refractivity contribution in [1.29, 1.82) is 0 Å². The summed E-state index contributed by atoms with van der Waals surface area (Å²) in [6.07, 6.45) is 11.3. The quantitative estimate of drug-likeness (QED) is 0.534. The number of fused-ring (bicyclic) bond motifs is 3. The molecule has 0 aliphatic carbocycles. The van der Waals surface area contributed by atoms with E-state index >= 15 is 0 Å². The first kappa shape index (κ1) is 21.3. The van der Waals surface area contributed by atoms with Crippen molar-refractivity contribution >= 4 is 21.6 Å². The summed E-state index contributed by atoms with van der Waals surface area (Å²) in [4.78, 5) is 21.5. The summed E-state index contributed by atoms with van der Waals surface area (Å²) in [6.45, 7) is 0.881. The van der Waals surface area contributed by atoms with Crippen LogP contribution in [0.15, 0.2) is 41.5 Å². The lowest BCUT2D eigenvalue weighted by atomic mass is 10.0. The number of benzene rings is 1.